The van der Waals surface area contributed by atoms with E-state index in [9.17, 15) is 4.79 Å². The Morgan fingerprint density at radius 2 is 2.15 bits per heavy atom. The van der Waals surface area contributed by atoms with Crippen LogP contribution in [-0.2, 0) is 11.2 Å². The lowest BCUT2D eigenvalue weighted by Gasteiger charge is -2.03. The molecule has 0 aliphatic heterocycles. The molecule has 1 amide bonds. The molecule has 0 saturated heterocycles. The SMILES string of the molecule is O=CNCCc1cc(Cl)ccc1Cl. The molecule has 0 heterocycles. The van der Waals surface area contributed by atoms with Crippen molar-refractivity contribution in [3.8, 4) is 0 Å². The van der Waals surface area contributed by atoms with Crippen molar-refractivity contribution in [1.29, 1.82) is 0 Å². The second-order valence-corrected chi connectivity index (χ2v) is 3.40. The summed E-state index contributed by atoms with van der Waals surface area (Å²) in [7, 11) is 0. The standard InChI is InChI=1S/C9H9Cl2NO/c10-8-1-2-9(11)7(5-8)3-4-12-6-13/h1-2,5-6H,3-4H2,(H,12,13). The predicted molar refractivity (Wildman–Crippen MR) is 54.2 cm³/mol. The summed E-state index contributed by atoms with van der Waals surface area (Å²) >= 11 is 11.7. The Labute approximate surface area is 86.8 Å². The van der Waals surface area contributed by atoms with Gasteiger partial charge in [0.1, 0.15) is 0 Å². The van der Waals surface area contributed by atoms with Gasteiger partial charge < -0.3 is 5.32 Å². The minimum atomic E-state index is 0.573. The molecule has 1 rings (SSSR count). The van der Waals surface area contributed by atoms with Crippen molar-refractivity contribution >= 4 is 29.6 Å². The van der Waals surface area contributed by atoms with Crippen LogP contribution in [-0.4, -0.2) is 13.0 Å². The number of amides is 1. The molecule has 0 aliphatic carbocycles. The van der Waals surface area contributed by atoms with E-state index in [4.69, 9.17) is 23.2 Å². The van der Waals surface area contributed by atoms with Gasteiger partial charge >= 0.3 is 0 Å². The highest BCUT2D eigenvalue weighted by atomic mass is 35.5. The quantitative estimate of drug-likeness (QED) is 0.609. The largest absolute Gasteiger partial charge is 0.358 e. The van der Waals surface area contributed by atoms with Gasteiger partial charge in [0.25, 0.3) is 0 Å². The second kappa shape index (κ2) is 5.10. The van der Waals surface area contributed by atoms with E-state index >= 15 is 0 Å². The molecule has 0 aliphatic rings. The van der Waals surface area contributed by atoms with E-state index in [2.05, 4.69) is 5.32 Å². The Morgan fingerprint density at radius 3 is 2.85 bits per heavy atom. The number of carbonyl (C=O) groups is 1. The molecule has 0 aromatic heterocycles. The molecule has 0 fully saturated rings. The molecule has 1 aromatic carbocycles. The second-order valence-electron chi connectivity index (χ2n) is 2.56. The molecule has 0 atom stereocenters. The van der Waals surface area contributed by atoms with Crippen LogP contribution in [0, 0.1) is 0 Å². The van der Waals surface area contributed by atoms with Gasteiger partial charge in [0.05, 0.1) is 0 Å². The van der Waals surface area contributed by atoms with Gasteiger partial charge in [0.15, 0.2) is 0 Å². The van der Waals surface area contributed by atoms with Gasteiger partial charge in [0.2, 0.25) is 6.41 Å². The predicted octanol–water partition coefficient (Wildman–Crippen LogP) is 2.28. The maximum Gasteiger partial charge on any atom is 0.207 e. The van der Waals surface area contributed by atoms with E-state index in [1.165, 1.54) is 0 Å². The Morgan fingerprint density at radius 1 is 1.38 bits per heavy atom. The normalized spacial score (nSPS) is 9.69. The number of halogens is 2. The fourth-order valence-corrected chi connectivity index (χ4v) is 1.41. The van der Waals surface area contributed by atoms with Crippen LogP contribution in [0.1, 0.15) is 5.56 Å². The summed E-state index contributed by atoms with van der Waals surface area (Å²) in [5.74, 6) is 0. The number of hydrogen-bond acceptors (Lipinski definition) is 1. The lowest BCUT2D eigenvalue weighted by atomic mass is 10.1. The number of benzene rings is 1. The number of hydrogen-bond donors (Lipinski definition) is 1. The van der Waals surface area contributed by atoms with Crippen molar-refractivity contribution < 1.29 is 4.79 Å². The summed E-state index contributed by atoms with van der Waals surface area (Å²) < 4.78 is 0. The minimum absolute atomic E-state index is 0.573. The molecule has 0 radical (unpaired) electrons. The lowest BCUT2D eigenvalue weighted by molar-refractivity contribution is -0.109. The first-order valence-electron chi connectivity index (χ1n) is 3.85. The topological polar surface area (TPSA) is 29.1 Å². The summed E-state index contributed by atoms with van der Waals surface area (Å²) in [5, 5.41) is 3.90. The third-order valence-corrected chi connectivity index (χ3v) is 2.23. The van der Waals surface area contributed by atoms with Crippen LogP contribution in [0.25, 0.3) is 0 Å². The smallest absolute Gasteiger partial charge is 0.207 e. The van der Waals surface area contributed by atoms with Crippen molar-refractivity contribution in [2.45, 2.75) is 6.42 Å². The summed E-state index contributed by atoms with van der Waals surface area (Å²) in [6.45, 7) is 0.573. The van der Waals surface area contributed by atoms with Crippen molar-refractivity contribution in [3.05, 3.63) is 33.8 Å². The van der Waals surface area contributed by atoms with Gasteiger partial charge in [-0.3, -0.25) is 4.79 Å². The lowest BCUT2D eigenvalue weighted by Crippen LogP contribution is -2.14. The molecule has 0 saturated carbocycles. The maximum atomic E-state index is 9.98. The summed E-state index contributed by atoms with van der Waals surface area (Å²) in [6, 6.07) is 5.29. The van der Waals surface area contributed by atoms with Crippen LogP contribution in [0.3, 0.4) is 0 Å². The first-order chi connectivity index (χ1) is 6.24. The number of nitrogens with one attached hydrogen (secondary N) is 1. The molecule has 1 aromatic rings. The zero-order valence-electron chi connectivity index (χ0n) is 6.89. The van der Waals surface area contributed by atoms with Gasteiger partial charge in [-0.25, -0.2) is 0 Å². The highest BCUT2D eigenvalue weighted by Crippen LogP contribution is 2.20. The van der Waals surface area contributed by atoms with E-state index in [1.54, 1.807) is 18.2 Å². The van der Waals surface area contributed by atoms with E-state index in [-0.39, 0.29) is 0 Å². The molecule has 70 valence electrons. The molecule has 2 nitrogen and oxygen atoms in total. The zero-order chi connectivity index (χ0) is 9.68. The molecular weight excluding hydrogens is 209 g/mol. The Hall–Kier alpha value is -0.730. The fourth-order valence-electron chi connectivity index (χ4n) is 1.00. The number of rotatable bonds is 4. The van der Waals surface area contributed by atoms with Crippen molar-refractivity contribution in [2.24, 2.45) is 0 Å². The van der Waals surface area contributed by atoms with Crippen molar-refractivity contribution in [2.75, 3.05) is 6.54 Å². The molecule has 13 heavy (non-hydrogen) atoms. The monoisotopic (exact) mass is 217 g/mol. The average Bonchev–Trinajstić information content (AvgIpc) is 2.11. The molecule has 0 unspecified atom stereocenters. The van der Waals surface area contributed by atoms with E-state index in [0.717, 1.165) is 5.56 Å². The number of carbonyl (C=O) groups excluding carboxylic acids is 1. The first-order valence-corrected chi connectivity index (χ1v) is 4.60. The summed E-state index contributed by atoms with van der Waals surface area (Å²) in [4.78, 5) is 9.98. The van der Waals surface area contributed by atoms with E-state index < -0.39 is 0 Å². The van der Waals surface area contributed by atoms with Crippen LogP contribution < -0.4 is 5.32 Å². The van der Waals surface area contributed by atoms with E-state index in [0.29, 0.717) is 29.4 Å². The Balaban J connectivity index is 2.64. The van der Waals surface area contributed by atoms with Crippen LogP contribution in [0.2, 0.25) is 10.0 Å². The Bertz CT molecular complexity index is 302. The minimum Gasteiger partial charge on any atom is -0.358 e. The molecule has 0 bridgehead atoms. The van der Waals surface area contributed by atoms with Crippen LogP contribution in [0.4, 0.5) is 0 Å². The average molecular weight is 218 g/mol. The maximum absolute atomic E-state index is 9.98. The highest BCUT2D eigenvalue weighted by molar-refractivity contribution is 6.33. The molecule has 4 heteroatoms. The van der Waals surface area contributed by atoms with Gasteiger partial charge in [-0.2, -0.15) is 0 Å². The highest BCUT2D eigenvalue weighted by Gasteiger charge is 2.00. The molecule has 0 spiro atoms. The third-order valence-electron chi connectivity index (χ3n) is 1.63. The van der Waals surface area contributed by atoms with Crippen molar-refractivity contribution in [3.63, 3.8) is 0 Å². The van der Waals surface area contributed by atoms with Crippen LogP contribution in [0.5, 0.6) is 0 Å². The summed E-state index contributed by atoms with van der Waals surface area (Å²) in [5.41, 5.74) is 0.948. The third kappa shape index (κ3) is 3.25. The van der Waals surface area contributed by atoms with Gasteiger partial charge in [0, 0.05) is 16.6 Å². The van der Waals surface area contributed by atoms with Gasteiger partial charge in [-0.1, -0.05) is 23.2 Å². The first kappa shape index (κ1) is 10.4. The van der Waals surface area contributed by atoms with Crippen LogP contribution >= 0.6 is 23.2 Å². The Kier molecular flexibility index (Phi) is 4.06. The molecular formula is C9H9Cl2NO. The van der Waals surface area contributed by atoms with Gasteiger partial charge in [-0.15, -0.1) is 0 Å². The zero-order valence-corrected chi connectivity index (χ0v) is 8.40. The van der Waals surface area contributed by atoms with Crippen molar-refractivity contribution in [1.82, 2.24) is 5.32 Å². The van der Waals surface area contributed by atoms with E-state index in [1.807, 2.05) is 0 Å². The molecule has 1 N–H and O–H groups in total. The van der Waals surface area contributed by atoms with Gasteiger partial charge in [-0.05, 0) is 30.2 Å². The van der Waals surface area contributed by atoms with Crippen LogP contribution in [0.15, 0.2) is 18.2 Å². The fraction of sp³-hybridized carbons (Fsp3) is 0.222. The summed E-state index contributed by atoms with van der Waals surface area (Å²) in [6.07, 6.45) is 1.36.